The summed E-state index contributed by atoms with van der Waals surface area (Å²) in [6.45, 7) is 5.08. The Bertz CT molecular complexity index is 759. The Kier molecular flexibility index (Phi) is 12.4. The highest BCUT2D eigenvalue weighted by molar-refractivity contribution is 8.00. The molecular formula is C24H32N2O4S. The molecule has 0 fully saturated rings. The van der Waals surface area contributed by atoms with Gasteiger partial charge in [-0.1, -0.05) is 60.7 Å². The number of carbonyl (C=O) groups excluding carboxylic acids is 2. The van der Waals surface area contributed by atoms with Crippen LogP contribution in [0.5, 0.6) is 0 Å². The predicted octanol–water partition coefficient (Wildman–Crippen LogP) is 3.16. The van der Waals surface area contributed by atoms with E-state index in [1.54, 1.807) is 0 Å². The molecule has 2 aromatic carbocycles. The topological polar surface area (TPSA) is 76.7 Å². The number of thioether (sulfide) groups is 1. The van der Waals surface area contributed by atoms with Gasteiger partial charge in [0.15, 0.2) is 0 Å². The van der Waals surface area contributed by atoms with Crippen LogP contribution in [0.15, 0.2) is 60.7 Å². The minimum atomic E-state index is -0.477. The number of amides is 2. The number of hydrogen-bond donors (Lipinski definition) is 2. The third-order valence-corrected chi connectivity index (χ3v) is 5.61. The fraction of sp³-hybridized carbons (Fsp3) is 0.417. The summed E-state index contributed by atoms with van der Waals surface area (Å²) in [5.41, 5.74) is 2.05. The van der Waals surface area contributed by atoms with Gasteiger partial charge in [0.2, 0.25) is 11.8 Å². The molecule has 0 aromatic heterocycles. The number of hydrogen-bond acceptors (Lipinski definition) is 5. The molecule has 0 radical (unpaired) electrons. The van der Waals surface area contributed by atoms with Crippen LogP contribution in [0.3, 0.4) is 0 Å². The smallest absolute Gasteiger partial charge is 0.233 e. The monoisotopic (exact) mass is 444 g/mol. The molecular weight excluding hydrogens is 412 g/mol. The molecule has 0 bridgehead atoms. The van der Waals surface area contributed by atoms with Gasteiger partial charge in [-0.25, -0.2) is 0 Å². The van der Waals surface area contributed by atoms with Gasteiger partial charge in [-0.2, -0.15) is 0 Å². The van der Waals surface area contributed by atoms with Crippen molar-refractivity contribution >= 4 is 23.6 Å². The average molecular weight is 445 g/mol. The maximum Gasteiger partial charge on any atom is 0.233 e. The summed E-state index contributed by atoms with van der Waals surface area (Å²) in [6, 6.07) is 19.4. The molecule has 7 heteroatoms. The van der Waals surface area contributed by atoms with E-state index in [-0.39, 0.29) is 18.2 Å². The second-order valence-corrected chi connectivity index (χ2v) is 8.15. The highest BCUT2D eigenvalue weighted by Gasteiger charge is 2.22. The van der Waals surface area contributed by atoms with Gasteiger partial charge in [-0.05, 0) is 18.1 Å². The maximum absolute atomic E-state index is 12.8. The molecule has 0 aliphatic carbocycles. The van der Waals surface area contributed by atoms with E-state index >= 15 is 0 Å². The standard InChI is InChI=1S/C24H32N2O4S/c1-2-29-13-14-30-15-16-31-22(24(28)26-19-21-11-7-4-8-12-21)17-23(27)25-18-20-9-5-3-6-10-20/h3-12,22H,2,13-19H2,1H3,(H,25,27)(H,26,28)/t22-/m1/s1. The normalized spacial score (nSPS) is 11.6. The van der Waals surface area contributed by atoms with E-state index in [0.29, 0.717) is 45.3 Å². The number of benzene rings is 2. The van der Waals surface area contributed by atoms with Crippen molar-refractivity contribution < 1.29 is 19.1 Å². The largest absolute Gasteiger partial charge is 0.379 e. The minimum Gasteiger partial charge on any atom is -0.379 e. The number of nitrogens with one attached hydrogen (secondary N) is 2. The molecule has 31 heavy (non-hydrogen) atoms. The maximum atomic E-state index is 12.8. The van der Waals surface area contributed by atoms with Crippen molar-refractivity contribution in [1.29, 1.82) is 0 Å². The molecule has 0 unspecified atom stereocenters. The molecule has 168 valence electrons. The highest BCUT2D eigenvalue weighted by atomic mass is 32.2. The lowest BCUT2D eigenvalue weighted by Crippen LogP contribution is -2.37. The van der Waals surface area contributed by atoms with Crippen molar-refractivity contribution in [2.75, 3.05) is 32.2 Å². The van der Waals surface area contributed by atoms with E-state index < -0.39 is 5.25 Å². The van der Waals surface area contributed by atoms with Crippen LogP contribution in [0.1, 0.15) is 24.5 Å². The first-order chi connectivity index (χ1) is 15.2. The molecule has 2 rings (SSSR count). The van der Waals surface area contributed by atoms with Crippen molar-refractivity contribution in [2.45, 2.75) is 31.7 Å². The molecule has 0 spiro atoms. The number of ether oxygens (including phenoxy) is 2. The van der Waals surface area contributed by atoms with Gasteiger partial charge in [0.1, 0.15) is 0 Å². The Labute approximate surface area is 189 Å². The van der Waals surface area contributed by atoms with Crippen molar-refractivity contribution in [3.05, 3.63) is 71.8 Å². The van der Waals surface area contributed by atoms with Crippen molar-refractivity contribution in [2.24, 2.45) is 0 Å². The molecule has 1 atom stereocenters. The molecule has 2 N–H and O–H groups in total. The molecule has 2 aromatic rings. The third-order valence-electron chi connectivity index (χ3n) is 4.43. The van der Waals surface area contributed by atoms with Gasteiger partial charge in [-0.3, -0.25) is 9.59 Å². The first-order valence-electron chi connectivity index (χ1n) is 10.6. The van der Waals surface area contributed by atoms with Crippen LogP contribution in [-0.4, -0.2) is 49.2 Å². The van der Waals surface area contributed by atoms with Gasteiger partial charge in [-0.15, -0.1) is 11.8 Å². The lowest BCUT2D eigenvalue weighted by Gasteiger charge is -2.17. The Morgan fingerprint density at radius 3 is 2.03 bits per heavy atom. The van der Waals surface area contributed by atoms with Crippen molar-refractivity contribution in [3.8, 4) is 0 Å². The first kappa shape index (κ1) is 24.9. The third kappa shape index (κ3) is 11.0. The first-order valence-corrected chi connectivity index (χ1v) is 11.6. The average Bonchev–Trinajstić information content (AvgIpc) is 2.81. The zero-order valence-electron chi connectivity index (χ0n) is 18.0. The number of rotatable bonds is 15. The van der Waals surface area contributed by atoms with Crippen LogP contribution >= 0.6 is 11.8 Å². The molecule has 0 heterocycles. The Morgan fingerprint density at radius 2 is 1.42 bits per heavy atom. The van der Waals surface area contributed by atoms with E-state index in [4.69, 9.17) is 9.47 Å². The predicted molar refractivity (Wildman–Crippen MR) is 125 cm³/mol. The lowest BCUT2D eigenvalue weighted by molar-refractivity contribution is -0.126. The van der Waals surface area contributed by atoms with Crippen molar-refractivity contribution in [3.63, 3.8) is 0 Å². The molecule has 0 aliphatic heterocycles. The quantitative estimate of drug-likeness (QED) is 0.413. The fourth-order valence-electron chi connectivity index (χ4n) is 2.78. The Balaban J connectivity index is 1.81. The molecule has 2 amide bonds. The van der Waals surface area contributed by atoms with Crippen LogP contribution in [0, 0.1) is 0 Å². The summed E-state index contributed by atoms with van der Waals surface area (Å²) in [5.74, 6) is 0.341. The highest BCUT2D eigenvalue weighted by Crippen LogP contribution is 2.16. The van der Waals surface area contributed by atoms with Gasteiger partial charge >= 0.3 is 0 Å². The minimum absolute atomic E-state index is 0.122. The molecule has 0 saturated heterocycles. The van der Waals surface area contributed by atoms with E-state index in [9.17, 15) is 9.59 Å². The molecule has 0 aliphatic rings. The van der Waals surface area contributed by atoms with Crippen LogP contribution in [0.2, 0.25) is 0 Å². The molecule has 0 saturated carbocycles. The van der Waals surface area contributed by atoms with E-state index in [2.05, 4.69) is 10.6 Å². The van der Waals surface area contributed by atoms with Crippen LogP contribution < -0.4 is 10.6 Å². The van der Waals surface area contributed by atoms with Gasteiger partial charge in [0.05, 0.1) is 25.1 Å². The van der Waals surface area contributed by atoms with Gasteiger partial charge < -0.3 is 20.1 Å². The second-order valence-electron chi connectivity index (χ2n) is 6.84. The summed E-state index contributed by atoms with van der Waals surface area (Å²) in [5, 5.41) is 5.37. The van der Waals surface area contributed by atoms with E-state index in [0.717, 1.165) is 11.1 Å². The summed E-state index contributed by atoms with van der Waals surface area (Å²) < 4.78 is 10.8. The zero-order valence-corrected chi connectivity index (χ0v) is 18.9. The van der Waals surface area contributed by atoms with Gasteiger partial charge in [0.25, 0.3) is 0 Å². The SMILES string of the molecule is CCOCCOCCS[C@H](CC(=O)NCc1ccccc1)C(=O)NCc1ccccc1. The summed E-state index contributed by atoms with van der Waals surface area (Å²) in [4.78, 5) is 25.2. The summed E-state index contributed by atoms with van der Waals surface area (Å²) in [7, 11) is 0. The molecule has 6 nitrogen and oxygen atoms in total. The Morgan fingerprint density at radius 1 is 0.839 bits per heavy atom. The van der Waals surface area contributed by atoms with E-state index in [1.807, 2.05) is 67.6 Å². The van der Waals surface area contributed by atoms with Crippen LogP contribution in [0.25, 0.3) is 0 Å². The zero-order chi connectivity index (χ0) is 22.2. The fourth-order valence-corrected chi connectivity index (χ4v) is 3.78. The van der Waals surface area contributed by atoms with Crippen LogP contribution in [-0.2, 0) is 32.2 Å². The Hall–Kier alpha value is -2.35. The number of carbonyl (C=O) groups is 2. The van der Waals surface area contributed by atoms with Crippen molar-refractivity contribution in [1.82, 2.24) is 10.6 Å². The lowest BCUT2D eigenvalue weighted by atomic mass is 10.2. The second kappa shape index (κ2) is 15.5. The van der Waals surface area contributed by atoms with Gasteiger partial charge in [0, 0.05) is 31.9 Å². The summed E-state index contributed by atoms with van der Waals surface area (Å²) >= 11 is 1.44. The van der Waals surface area contributed by atoms with Crippen LogP contribution in [0.4, 0.5) is 0 Å². The summed E-state index contributed by atoms with van der Waals surface area (Å²) in [6.07, 6.45) is 0.122. The van der Waals surface area contributed by atoms with E-state index in [1.165, 1.54) is 11.8 Å².